The predicted octanol–water partition coefficient (Wildman–Crippen LogP) is 10.7. The van der Waals surface area contributed by atoms with E-state index in [2.05, 4.69) is 28.2 Å². The molecule has 1 aliphatic rings. The number of ether oxygens (including phenoxy) is 8. The van der Waals surface area contributed by atoms with Crippen molar-refractivity contribution in [2.75, 3.05) is 63.9 Å². The van der Waals surface area contributed by atoms with Gasteiger partial charge in [0.25, 0.3) is 0 Å². The summed E-state index contributed by atoms with van der Waals surface area (Å²) in [7, 11) is 1.43. The van der Waals surface area contributed by atoms with Crippen LogP contribution in [0.25, 0.3) is 0 Å². The number of unbranched alkanes of at least 4 members (excludes halogenated alkanes) is 7. The minimum absolute atomic E-state index is 0.107. The van der Waals surface area contributed by atoms with E-state index in [0.717, 1.165) is 81.3 Å². The average Bonchev–Trinajstić information content (AvgIpc) is 3.41. The van der Waals surface area contributed by atoms with Crippen LogP contribution in [0, 0.1) is 0 Å². The van der Waals surface area contributed by atoms with Gasteiger partial charge in [0, 0.05) is 42.6 Å². The van der Waals surface area contributed by atoms with Gasteiger partial charge >= 0.3 is 24.5 Å². The van der Waals surface area contributed by atoms with E-state index >= 15 is 0 Å². The van der Waals surface area contributed by atoms with Crippen LogP contribution in [-0.2, 0) is 55.0 Å². The molecule has 4 aromatic carbocycles. The molecule has 76 heavy (non-hydrogen) atoms. The number of halogens is 6. The molecule has 0 radical (unpaired) electrons. The zero-order valence-corrected chi connectivity index (χ0v) is 42.5. The molecule has 7 atom stereocenters. The Kier molecular flexibility index (Phi) is 25.7. The second kappa shape index (κ2) is 32.0. The zero-order valence-electron chi connectivity index (χ0n) is 42.5. The number of rotatable bonds is 31. The third-order valence-corrected chi connectivity index (χ3v) is 11.9. The topological polar surface area (TPSA) is 193 Å². The minimum atomic E-state index is -4.69. The van der Waals surface area contributed by atoms with Crippen LogP contribution in [-0.4, -0.2) is 107 Å². The summed E-state index contributed by atoms with van der Waals surface area (Å²) in [5.74, 6) is -0.381. The highest BCUT2D eigenvalue weighted by atomic mass is 19.4. The Morgan fingerprint density at radius 1 is 0.724 bits per heavy atom. The van der Waals surface area contributed by atoms with Gasteiger partial charge in [-0.3, -0.25) is 10.1 Å². The third-order valence-electron chi connectivity index (χ3n) is 11.9. The van der Waals surface area contributed by atoms with Crippen LogP contribution in [0.1, 0.15) is 99.5 Å². The molecule has 16 nitrogen and oxygen atoms in total. The minimum Gasteiger partial charge on any atom is -0.444 e. The molecule has 0 bridgehead atoms. The molecule has 22 heteroatoms. The lowest BCUT2D eigenvalue weighted by Gasteiger charge is -2.37. The molecule has 4 unspecified atom stereocenters. The number of nitrogens with one attached hydrogen (secondary N) is 4. The Morgan fingerprint density at radius 3 is 1.96 bits per heavy atom. The fourth-order valence-corrected chi connectivity index (χ4v) is 7.89. The number of hydrogen-bond donors (Lipinski definition) is 5. The first-order chi connectivity index (χ1) is 36.6. The quantitative estimate of drug-likeness (QED) is 0.0182. The lowest BCUT2D eigenvalue weighted by molar-refractivity contribution is -0.303. The second-order valence-electron chi connectivity index (χ2n) is 17.8. The van der Waals surface area contributed by atoms with E-state index in [1.54, 1.807) is 54.6 Å². The summed E-state index contributed by atoms with van der Waals surface area (Å²) in [6, 6.07) is 23.9. The molecule has 1 saturated heterocycles. The van der Waals surface area contributed by atoms with Gasteiger partial charge in [0.15, 0.2) is 18.9 Å². The molecule has 0 aliphatic carbocycles. The van der Waals surface area contributed by atoms with E-state index in [1.165, 1.54) is 19.2 Å². The highest BCUT2D eigenvalue weighted by Crippen LogP contribution is 2.33. The van der Waals surface area contributed by atoms with Gasteiger partial charge in [-0.2, -0.15) is 26.3 Å². The Balaban J connectivity index is 1.37. The Morgan fingerprint density at radius 2 is 1.34 bits per heavy atom. The molecule has 5 rings (SSSR count). The molecule has 418 valence electrons. The number of urea groups is 1. The van der Waals surface area contributed by atoms with Crippen LogP contribution in [0.15, 0.2) is 109 Å². The van der Waals surface area contributed by atoms with Crippen molar-refractivity contribution < 1.29 is 83.7 Å². The number of benzene rings is 4. The number of aliphatic hydroxyl groups excluding tert-OH is 1. The van der Waals surface area contributed by atoms with Gasteiger partial charge in [-0.25, -0.2) is 9.59 Å². The second-order valence-corrected chi connectivity index (χ2v) is 17.8. The predicted molar refractivity (Wildman–Crippen MR) is 268 cm³/mol. The smallest absolute Gasteiger partial charge is 0.416 e. The normalized spacial score (nSPS) is 17.5. The maximum absolute atomic E-state index is 13.8. The molecule has 1 heterocycles. The Hall–Kier alpha value is -5.85. The maximum atomic E-state index is 13.8. The van der Waals surface area contributed by atoms with E-state index in [0.29, 0.717) is 17.5 Å². The van der Waals surface area contributed by atoms with Gasteiger partial charge in [0.1, 0.15) is 24.9 Å². The van der Waals surface area contributed by atoms with Gasteiger partial charge < -0.3 is 59.0 Å². The Labute approximate surface area is 438 Å². The molecule has 5 N–H and O–H groups in total. The van der Waals surface area contributed by atoms with E-state index < -0.39 is 98.6 Å². The number of hydrogen-bond acceptors (Lipinski definition) is 12. The summed E-state index contributed by atoms with van der Waals surface area (Å²) in [6.07, 6.45) is -9.01. The average molecular weight is 1080 g/mol. The highest BCUT2D eigenvalue weighted by Gasteiger charge is 2.37. The molecule has 1 aliphatic heterocycles. The molecule has 1 fully saturated rings. The van der Waals surface area contributed by atoms with Crippen LogP contribution >= 0.6 is 0 Å². The third kappa shape index (κ3) is 21.6. The molecule has 0 aromatic heterocycles. The highest BCUT2D eigenvalue weighted by molar-refractivity contribution is 5.89. The molecular weight excluding hydrogens is 1010 g/mol. The molecule has 4 aromatic rings. The first-order valence-corrected chi connectivity index (χ1v) is 25.2. The number of amides is 4. The standard InChI is InChI=1S/C54H68F6N4O12/c1-3-4-5-6-7-8-9-16-27-47(66)64-43(45(34-72-49(69-2)37-19-12-10-13-20-37)70-29-28-61-51(67)62-41-25-17-23-39(30-41)53(55,56)57)33-71-48(36-74-52(68)63-42-26-18-24-40(31-42)54(58,59)60)75-46-35-73-50(76-44(46)32-65)38-21-14-11-15-22-38/h10-15,17-26,30-31,43-46,48-50,65H,3-9,16,27-29,32-36H2,1-2H3,(H,63,68)(H,64,66)(H2,61,62,67)/t43-,44-,45?,46?,48+,49?,50?/m1/s1. The summed E-state index contributed by atoms with van der Waals surface area (Å²) in [5.41, 5.74) is -0.989. The fraction of sp³-hybridized carbons (Fsp3) is 0.500. The fourth-order valence-electron chi connectivity index (χ4n) is 7.89. The molecular formula is C54H68F6N4O12. The number of carbonyl (C=O) groups is 3. The number of aliphatic hydroxyl groups is 1. The number of methoxy groups -OCH3 is 1. The van der Waals surface area contributed by atoms with Crippen molar-refractivity contribution in [3.05, 3.63) is 131 Å². The molecule has 0 spiro atoms. The van der Waals surface area contributed by atoms with Crippen molar-refractivity contribution in [3.63, 3.8) is 0 Å². The summed E-state index contributed by atoms with van der Waals surface area (Å²) in [6.45, 7) is -0.343. The van der Waals surface area contributed by atoms with Gasteiger partial charge in [-0.1, -0.05) is 125 Å². The van der Waals surface area contributed by atoms with E-state index in [1.807, 2.05) is 6.07 Å². The van der Waals surface area contributed by atoms with Crippen molar-refractivity contribution >= 4 is 29.4 Å². The largest absolute Gasteiger partial charge is 0.444 e. The van der Waals surface area contributed by atoms with Crippen LogP contribution in [0.4, 0.5) is 47.3 Å². The molecule has 0 saturated carbocycles. The SMILES string of the molecule is CCCCCCCCCCC(=O)N[C@H](CO[C@H](COC(=O)Nc1cccc(C(F)(F)F)c1)OC1COC(c2ccccc2)O[C@@H]1CO)C(COC(OC)c1ccccc1)OCCNC(=O)Nc1cccc(C(F)(F)F)c1. The van der Waals surface area contributed by atoms with E-state index in [-0.39, 0.29) is 50.1 Å². The van der Waals surface area contributed by atoms with E-state index in [9.17, 15) is 45.8 Å². The van der Waals surface area contributed by atoms with Crippen LogP contribution in [0.2, 0.25) is 0 Å². The number of carbonyl (C=O) groups excluding carboxylic acids is 3. The number of anilines is 2. The lowest BCUT2D eigenvalue weighted by Crippen LogP contribution is -2.52. The van der Waals surface area contributed by atoms with Crippen molar-refractivity contribution in [2.24, 2.45) is 0 Å². The van der Waals surface area contributed by atoms with Gasteiger partial charge in [0.2, 0.25) is 5.91 Å². The van der Waals surface area contributed by atoms with Crippen molar-refractivity contribution in [1.82, 2.24) is 10.6 Å². The van der Waals surface area contributed by atoms with Crippen LogP contribution in [0.5, 0.6) is 0 Å². The first kappa shape index (κ1) is 61.0. The van der Waals surface area contributed by atoms with Gasteiger partial charge in [-0.15, -0.1) is 0 Å². The summed E-state index contributed by atoms with van der Waals surface area (Å²) in [4.78, 5) is 39.8. The first-order valence-electron chi connectivity index (χ1n) is 25.2. The lowest BCUT2D eigenvalue weighted by atomic mass is 10.1. The van der Waals surface area contributed by atoms with Crippen LogP contribution < -0.4 is 21.3 Å². The van der Waals surface area contributed by atoms with Crippen molar-refractivity contribution in [1.29, 1.82) is 0 Å². The van der Waals surface area contributed by atoms with Crippen LogP contribution in [0.3, 0.4) is 0 Å². The maximum Gasteiger partial charge on any atom is 0.416 e. The zero-order chi connectivity index (χ0) is 54.8. The summed E-state index contributed by atoms with van der Waals surface area (Å²) in [5, 5.41) is 20.6. The van der Waals surface area contributed by atoms with Crippen molar-refractivity contribution in [2.45, 2.75) is 120 Å². The monoisotopic (exact) mass is 1080 g/mol. The molecule has 4 amide bonds. The number of alkyl halides is 6. The summed E-state index contributed by atoms with van der Waals surface area (Å²) < 4.78 is 129. The van der Waals surface area contributed by atoms with Gasteiger partial charge in [0.05, 0.1) is 50.2 Å². The Bertz CT molecular complexity index is 2320. The van der Waals surface area contributed by atoms with Gasteiger partial charge in [-0.05, 0) is 42.8 Å². The van der Waals surface area contributed by atoms with E-state index in [4.69, 9.17) is 37.9 Å². The van der Waals surface area contributed by atoms with Crippen molar-refractivity contribution in [3.8, 4) is 0 Å². The summed E-state index contributed by atoms with van der Waals surface area (Å²) >= 11 is 0.